The van der Waals surface area contributed by atoms with Crippen molar-refractivity contribution in [2.45, 2.75) is 156 Å². The highest BCUT2D eigenvalue weighted by molar-refractivity contribution is 4.56. The molecule has 0 atom stereocenters. The van der Waals surface area contributed by atoms with Crippen LogP contribution in [0.5, 0.6) is 0 Å². The molecule has 3 N–H and O–H groups in total. The molecule has 33 heavy (non-hydrogen) atoms. The second kappa shape index (κ2) is 28.1. The van der Waals surface area contributed by atoms with Crippen LogP contribution in [0.1, 0.15) is 150 Å². The van der Waals surface area contributed by atoms with E-state index >= 15 is 0 Å². The molecule has 0 spiro atoms. The van der Waals surface area contributed by atoms with Crippen LogP contribution in [0.2, 0.25) is 0 Å². The second-order valence-corrected chi connectivity index (χ2v) is 11.2. The highest BCUT2D eigenvalue weighted by Crippen LogP contribution is 2.10. The van der Waals surface area contributed by atoms with Gasteiger partial charge in [0.1, 0.15) is 0 Å². The average molecular weight is 468 g/mol. The Labute approximate surface area is 210 Å². The van der Waals surface area contributed by atoms with Crippen molar-refractivity contribution in [3.63, 3.8) is 0 Å². The van der Waals surface area contributed by atoms with Crippen molar-refractivity contribution in [2.75, 3.05) is 32.7 Å². The van der Waals surface area contributed by atoms with Gasteiger partial charge in [-0.2, -0.15) is 0 Å². The van der Waals surface area contributed by atoms with E-state index in [9.17, 15) is 0 Å². The summed E-state index contributed by atoms with van der Waals surface area (Å²) in [6.07, 6.45) is 26.7. The van der Waals surface area contributed by atoms with Crippen LogP contribution in [-0.2, 0) is 0 Å². The summed E-state index contributed by atoms with van der Waals surface area (Å²) >= 11 is 0. The maximum absolute atomic E-state index is 3.65. The van der Waals surface area contributed by atoms with Gasteiger partial charge in [0, 0.05) is 6.04 Å². The first-order valence-corrected chi connectivity index (χ1v) is 15.3. The second-order valence-electron chi connectivity index (χ2n) is 11.2. The summed E-state index contributed by atoms with van der Waals surface area (Å²) in [6, 6.07) is 0.637. The molecule has 0 saturated heterocycles. The van der Waals surface area contributed by atoms with Crippen LogP contribution >= 0.6 is 0 Å². The van der Waals surface area contributed by atoms with E-state index in [1.54, 1.807) is 0 Å². The molecule has 0 heterocycles. The monoisotopic (exact) mass is 468 g/mol. The largest absolute Gasteiger partial charge is 0.317 e. The van der Waals surface area contributed by atoms with E-state index in [1.165, 1.54) is 155 Å². The van der Waals surface area contributed by atoms with Gasteiger partial charge in [-0.05, 0) is 70.7 Å². The molecule has 3 heteroatoms. The Hall–Kier alpha value is -0.120. The topological polar surface area (TPSA) is 36.1 Å². The molecule has 0 bridgehead atoms. The molecule has 200 valence electrons. The normalized spacial score (nSPS) is 11.8. The molecule has 0 aliphatic carbocycles. The fraction of sp³-hybridized carbons (Fsp3) is 1.00. The first-order chi connectivity index (χ1) is 16.1. The minimum atomic E-state index is 0.637. The average Bonchev–Trinajstić information content (AvgIpc) is 2.78. The lowest BCUT2D eigenvalue weighted by molar-refractivity contribution is 0.507. The summed E-state index contributed by atoms with van der Waals surface area (Å²) in [7, 11) is 0. The van der Waals surface area contributed by atoms with Crippen molar-refractivity contribution in [1.82, 2.24) is 16.0 Å². The molecular formula is C30H65N3. The molecule has 0 saturated carbocycles. The van der Waals surface area contributed by atoms with Gasteiger partial charge in [0.2, 0.25) is 0 Å². The van der Waals surface area contributed by atoms with Crippen LogP contribution in [0.4, 0.5) is 0 Å². The summed E-state index contributed by atoms with van der Waals surface area (Å²) in [4.78, 5) is 0. The van der Waals surface area contributed by atoms with E-state index in [0.717, 1.165) is 5.92 Å². The zero-order chi connectivity index (χ0) is 24.2. The third-order valence-electron chi connectivity index (χ3n) is 6.68. The summed E-state index contributed by atoms with van der Waals surface area (Å²) in [5, 5.41) is 10.8. The minimum absolute atomic E-state index is 0.637. The summed E-state index contributed by atoms with van der Waals surface area (Å²) in [6.45, 7) is 15.2. The maximum atomic E-state index is 3.65. The van der Waals surface area contributed by atoms with Crippen LogP contribution in [0.3, 0.4) is 0 Å². The quantitative estimate of drug-likeness (QED) is 0.101. The van der Waals surface area contributed by atoms with Crippen LogP contribution in [0, 0.1) is 5.92 Å². The van der Waals surface area contributed by atoms with Crippen molar-refractivity contribution < 1.29 is 0 Å². The fourth-order valence-corrected chi connectivity index (χ4v) is 4.44. The van der Waals surface area contributed by atoms with E-state index < -0.39 is 0 Å². The molecule has 0 aliphatic heterocycles. The number of nitrogens with one attached hydrogen (secondary N) is 3. The van der Waals surface area contributed by atoms with Gasteiger partial charge in [-0.25, -0.2) is 0 Å². The fourth-order valence-electron chi connectivity index (χ4n) is 4.44. The first-order valence-electron chi connectivity index (χ1n) is 15.3. The number of rotatable bonds is 28. The number of hydrogen-bond donors (Lipinski definition) is 3. The van der Waals surface area contributed by atoms with Gasteiger partial charge < -0.3 is 16.0 Å². The zero-order valence-corrected chi connectivity index (χ0v) is 23.6. The molecule has 0 rings (SSSR count). The van der Waals surface area contributed by atoms with E-state index in [2.05, 4.69) is 43.6 Å². The predicted molar refractivity (Wildman–Crippen MR) is 151 cm³/mol. The van der Waals surface area contributed by atoms with Gasteiger partial charge in [-0.1, -0.05) is 118 Å². The van der Waals surface area contributed by atoms with E-state index in [-0.39, 0.29) is 0 Å². The molecule has 0 radical (unpaired) electrons. The summed E-state index contributed by atoms with van der Waals surface area (Å²) in [5.74, 6) is 0.865. The molecule has 0 aromatic heterocycles. The molecular weight excluding hydrogens is 402 g/mol. The Kier molecular flexibility index (Phi) is 28.0. The molecule has 0 aromatic carbocycles. The smallest absolute Gasteiger partial charge is 0.00103 e. The zero-order valence-electron chi connectivity index (χ0n) is 23.6. The summed E-state index contributed by atoms with van der Waals surface area (Å²) < 4.78 is 0. The van der Waals surface area contributed by atoms with Crippen molar-refractivity contribution in [2.24, 2.45) is 5.92 Å². The van der Waals surface area contributed by atoms with Gasteiger partial charge >= 0.3 is 0 Å². The molecule has 0 fully saturated rings. The Balaban J connectivity index is 3.01. The van der Waals surface area contributed by atoms with Gasteiger partial charge in [0.25, 0.3) is 0 Å². The van der Waals surface area contributed by atoms with Crippen LogP contribution in [-0.4, -0.2) is 38.8 Å². The third-order valence-corrected chi connectivity index (χ3v) is 6.68. The Morgan fingerprint density at radius 1 is 0.364 bits per heavy atom. The molecule has 0 aromatic rings. The van der Waals surface area contributed by atoms with Crippen LogP contribution < -0.4 is 16.0 Å². The number of unbranched alkanes of at least 4 members (excludes halogenated alkanes) is 15. The van der Waals surface area contributed by atoms with Crippen molar-refractivity contribution in [1.29, 1.82) is 0 Å². The Morgan fingerprint density at radius 3 is 1.00 bits per heavy atom. The highest BCUT2D eigenvalue weighted by atomic mass is 14.9. The van der Waals surface area contributed by atoms with E-state index in [4.69, 9.17) is 0 Å². The Bertz CT molecular complexity index is 311. The van der Waals surface area contributed by atoms with Gasteiger partial charge in [0.05, 0.1) is 0 Å². The minimum Gasteiger partial charge on any atom is -0.317 e. The molecule has 0 amide bonds. The van der Waals surface area contributed by atoms with E-state index in [0.29, 0.717) is 6.04 Å². The van der Waals surface area contributed by atoms with Crippen LogP contribution in [0.25, 0.3) is 0 Å². The number of hydrogen-bond acceptors (Lipinski definition) is 3. The first kappa shape index (κ1) is 32.9. The predicted octanol–water partition coefficient (Wildman–Crippen LogP) is 8.23. The molecule has 3 nitrogen and oxygen atoms in total. The van der Waals surface area contributed by atoms with Gasteiger partial charge in [0.15, 0.2) is 0 Å². The third kappa shape index (κ3) is 31.9. The lowest BCUT2D eigenvalue weighted by atomic mass is 10.1. The lowest BCUT2D eigenvalue weighted by Crippen LogP contribution is -2.23. The van der Waals surface area contributed by atoms with Crippen molar-refractivity contribution >= 4 is 0 Å². The standard InChI is InChI=1S/C30H65N3/c1-29(2)23-17-22-27-32-26-19-14-10-8-6-5-7-9-13-18-24-31-25-20-15-11-12-16-21-28-33-30(3)4/h29-33H,5-28H2,1-4H3. The highest BCUT2D eigenvalue weighted by Gasteiger charge is 1.97. The van der Waals surface area contributed by atoms with Crippen molar-refractivity contribution in [3.05, 3.63) is 0 Å². The maximum Gasteiger partial charge on any atom is 0.00103 e. The molecule has 0 unspecified atom stereocenters. The lowest BCUT2D eigenvalue weighted by Gasteiger charge is -2.07. The summed E-state index contributed by atoms with van der Waals surface area (Å²) in [5.41, 5.74) is 0. The van der Waals surface area contributed by atoms with Gasteiger partial charge in [-0.3, -0.25) is 0 Å². The van der Waals surface area contributed by atoms with Crippen molar-refractivity contribution in [3.8, 4) is 0 Å². The van der Waals surface area contributed by atoms with Gasteiger partial charge in [-0.15, -0.1) is 0 Å². The Morgan fingerprint density at radius 2 is 0.667 bits per heavy atom. The molecule has 0 aliphatic rings. The SMILES string of the molecule is CC(C)CCCCNCCCCCCCCCCCCNCCCCCCCCNC(C)C. The van der Waals surface area contributed by atoms with E-state index in [1.807, 2.05) is 0 Å². The van der Waals surface area contributed by atoms with Crippen LogP contribution in [0.15, 0.2) is 0 Å².